The van der Waals surface area contributed by atoms with E-state index in [0.717, 1.165) is 32.1 Å². The summed E-state index contributed by atoms with van der Waals surface area (Å²) >= 11 is 0. The molecule has 0 spiro atoms. The van der Waals surface area contributed by atoms with Crippen LogP contribution in [-0.2, 0) is 32.7 Å². The van der Waals surface area contributed by atoms with Crippen LogP contribution < -0.4 is 0 Å². The predicted octanol–water partition coefficient (Wildman–Crippen LogP) is 14.9. The number of unbranched alkanes of at least 4 members (excludes halogenated alkanes) is 31. The van der Waals surface area contributed by atoms with Crippen LogP contribution in [0.1, 0.15) is 245 Å². The van der Waals surface area contributed by atoms with Gasteiger partial charge < -0.3 is 18.9 Å². The quantitative estimate of drug-likeness (QED) is 0.0212. The molecule has 1 unspecified atom stereocenters. The summed E-state index contributed by atoms with van der Waals surface area (Å²) in [5, 5.41) is 0. The van der Waals surface area contributed by atoms with E-state index in [0.29, 0.717) is 23.9 Å². The van der Waals surface area contributed by atoms with Gasteiger partial charge in [0.2, 0.25) is 0 Å². The number of phosphoric ester groups is 1. The number of allylic oxidation sites excluding steroid dienone is 2. The standard InChI is InChI=1S/C50H98NO8P/c1-6-8-10-12-14-16-18-20-22-24-25-27-29-31-33-35-37-39-41-43-50(53)59-48(47-58-60(54,55)57-45-44-51(3,4)5)46-56-49(52)42-40-38-36-34-32-30-28-26-23-21-19-17-15-13-11-9-7-2/h20,22,48H,6-19,21,23-47H2,1-5H3/p+1/b22-20-/t48-/m1/s1. The summed E-state index contributed by atoms with van der Waals surface area (Å²) in [6, 6.07) is 0. The molecule has 0 aromatic rings. The van der Waals surface area contributed by atoms with E-state index in [1.165, 1.54) is 180 Å². The molecular weight excluding hydrogens is 774 g/mol. The molecule has 356 valence electrons. The van der Waals surface area contributed by atoms with Gasteiger partial charge in [-0.1, -0.05) is 206 Å². The molecule has 0 saturated carbocycles. The molecule has 60 heavy (non-hydrogen) atoms. The number of quaternary nitrogens is 1. The molecule has 0 radical (unpaired) electrons. The lowest BCUT2D eigenvalue weighted by atomic mass is 10.0. The number of ether oxygens (including phenoxy) is 2. The van der Waals surface area contributed by atoms with Gasteiger partial charge in [-0.15, -0.1) is 0 Å². The summed E-state index contributed by atoms with van der Waals surface area (Å²) < 4.78 is 34.5. The second-order valence-corrected chi connectivity index (χ2v) is 20.0. The highest BCUT2D eigenvalue weighted by molar-refractivity contribution is 7.47. The highest BCUT2D eigenvalue weighted by atomic mass is 31.2. The van der Waals surface area contributed by atoms with E-state index in [4.69, 9.17) is 18.5 Å². The molecule has 0 rings (SSSR count). The minimum absolute atomic E-state index is 0.0348. The van der Waals surface area contributed by atoms with Gasteiger partial charge in [0.05, 0.1) is 27.7 Å². The molecule has 0 bridgehead atoms. The Bertz CT molecular complexity index is 1030. The van der Waals surface area contributed by atoms with E-state index >= 15 is 0 Å². The van der Waals surface area contributed by atoms with E-state index in [1.807, 2.05) is 21.1 Å². The molecule has 0 aromatic carbocycles. The Morgan fingerprint density at radius 3 is 1.23 bits per heavy atom. The van der Waals surface area contributed by atoms with Crippen LogP contribution in [0.3, 0.4) is 0 Å². The zero-order valence-electron chi connectivity index (χ0n) is 40.2. The number of rotatable bonds is 47. The molecule has 1 N–H and O–H groups in total. The van der Waals surface area contributed by atoms with Crippen molar-refractivity contribution in [1.82, 2.24) is 0 Å². The van der Waals surface area contributed by atoms with E-state index in [2.05, 4.69) is 26.0 Å². The molecular formula is C50H99NO8P+. The summed E-state index contributed by atoms with van der Waals surface area (Å²) in [5.74, 6) is -0.786. The molecule has 0 amide bonds. The summed E-state index contributed by atoms with van der Waals surface area (Å²) in [7, 11) is 1.49. The molecule has 0 aliphatic rings. The Morgan fingerprint density at radius 1 is 0.500 bits per heavy atom. The van der Waals surface area contributed by atoms with Crippen molar-refractivity contribution >= 4 is 19.8 Å². The maximum Gasteiger partial charge on any atom is 0.472 e. The number of phosphoric acid groups is 1. The topological polar surface area (TPSA) is 108 Å². The average molecular weight is 873 g/mol. The first kappa shape index (κ1) is 58.8. The van der Waals surface area contributed by atoms with Gasteiger partial charge in [0.1, 0.15) is 19.8 Å². The highest BCUT2D eigenvalue weighted by Crippen LogP contribution is 2.43. The number of carbonyl (C=O) groups excluding carboxylic acids is 2. The van der Waals surface area contributed by atoms with Crippen LogP contribution >= 0.6 is 7.82 Å². The maximum atomic E-state index is 12.7. The zero-order valence-corrected chi connectivity index (χ0v) is 41.1. The Kier molecular flexibility index (Phi) is 42.1. The fraction of sp³-hybridized carbons (Fsp3) is 0.920. The van der Waals surface area contributed by atoms with Gasteiger partial charge >= 0.3 is 19.8 Å². The number of hydrogen-bond donors (Lipinski definition) is 1. The van der Waals surface area contributed by atoms with Gasteiger partial charge in [-0.25, -0.2) is 4.57 Å². The second kappa shape index (κ2) is 43.0. The Hall–Kier alpha value is -1.25. The summed E-state index contributed by atoms with van der Waals surface area (Å²) in [5.41, 5.74) is 0. The van der Waals surface area contributed by atoms with E-state index in [-0.39, 0.29) is 25.6 Å². The first-order chi connectivity index (χ1) is 29.0. The maximum absolute atomic E-state index is 12.7. The lowest BCUT2D eigenvalue weighted by Crippen LogP contribution is -2.37. The van der Waals surface area contributed by atoms with Crippen LogP contribution in [0.5, 0.6) is 0 Å². The smallest absolute Gasteiger partial charge is 0.462 e. The Morgan fingerprint density at radius 2 is 0.850 bits per heavy atom. The molecule has 0 heterocycles. The lowest BCUT2D eigenvalue weighted by molar-refractivity contribution is -0.870. The van der Waals surface area contributed by atoms with Gasteiger partial charge in [-0.3, -0.25) is 18.6 Å². The van der Waals surface area contributed by atoms with Gasteiger partial charge in [-0.2, -0.15) is 0 Å². The van der Waals surface area contributed by atoms with E-state index < -0.39 is 26.5 Å². The van der Waals surface area contributed by atoms with Crippen molar-refractivity contribution in [2.75, 3.05) is 47.5 Å². The van der Waals surface area contributed by atoms with Gasteiger partial charge in [0.25, 0.3) is 0 Å². The van der Waals surface area contributed by atoms with Crippen molar-refractivity contribution in [1.29, 1.82) is 0 Å². The van der Waals surface area contributed by atoms with Crippen LogP contribution in [0, 0.1) is 0 Å². The molecule has 9 nitrogen and oxygen atoms in total. The van der Waals surface area contributed by atoms with Crippen molar-refractivity contribution in [3.05, 3.63) is 12.2 Å². The Labute approximate surface area is 371 Å². The van der Waals surface area contributed by atoms with Crippen molar-refractivity contribution in [3.8, 4) is 0 Å². The van der Waals surface area contributed by atoms with Crippen molar-refractivity contribution in [2.24, 2.45) is 0 Å². The van der Waals surface area contributed by atoms with E-state index in [9.17, 15) is 19.0 Å². The summed E-state index contributed by atoms with van der Waals surface area (Å²) in [6.07, 6.45) is 46.8. The molecule has 0 aliphatic carbocycles. The van der Waals surface area contributed by atoms with Gasteiger partial charge in [0.15, 0.2) is 6.10 Å². The molecule has 0 fully saturated rings. The van der Waals surface area contributed by atoms with Gasteiger partial charge in [0, 0.05) is 12.8 Å². The average Bonchev–Trinajstić information content (AvgIpc) is 3.20. The molecule has 0 aliphatic heterocycles. The minimum atomic E-state index is -4.37. The molecule has 0 aromatic heterocycles. The van der Waals surface area contributed by atoms with Crippen molar-refractivity contribution in [3.63, 3.8) is 0 Å². The summed E-state index contributed by atoms with van der Waals surface area (Å²) in [4.78, 5) is 35.5. The monoisotopic (exact) mass is 873 g/mol. The molecule has 10 heteroatoms. The van der Waals surface area contributed by atoms with Crippen molar-refractivity contribution in [2.45, 2.75) is 251 Å². The van der Waals surface area contributed by atoms with Crippen LogP contribution in [0.2, 0.25) is 0 Å². The number of hydrogen-bond acceptors (Lipinski definition) is 7. The third kappa shape index (κ3) is 46.3. The fourth-order valence-electron chi connectivity index (χ4n) is 7.31. The highest BCUT2D eigenvalue weighted by Gasteiger charge is 2.27. The number of esters is 2. The van der Waals surface area contributed by atoms with Crippen LogP contribution in [0.25, 0.3) is 0 Å². The normalized spacial score (nSPS) is 13.5. The third-order valence-corrected chi connectivity index (χ3v) is 12.3. The molecule has 2 atom stereocenters. The SMILES string of the molecule is CCCCCCCC/C=C\CCCCCCCCCCCC(=O)O[C@H](COC(=O)CCCCCCCCCCCCCCCCCCC)COP(=O)(O)OCC[N+](C)(C)C. The second-order valence-electron chi connectivity index (χ2n) is 18.6. The molecule has 0 saturated heterocycles. The van der Waals surface area contributed by atoms with Crippen molar-refractivity contribution < 1.29 is 42.1 Å². The first-order valence-corrected chi connectivity index (χ1v) is 26.9. The van der Waals surface area contributed by atoms with Crippen LogP contribution in [0.15, 0.2) is 12.2 Å². The largest absolute Gasteiger partial charge is 0.472 e. The first-order valence-electron chi connectivity index (χ1n) is 25.4. The predicted molar refractivity (Wildman–Crippen MR) is 252 cm³/mol. The minimum Gasteiger partial charge on any atom is -0.462 e. The van der Waals surface area contributed by atoms with E-state index in [1.54, 1.807) is 0 Å². The number of carbonyl (C=O) groups is 2. The number of likely N-dealkylation sites (N-methyl/N-ethyl adjacent to an activating group) is 1. The third-order valence-electron chi connectivity index (χ3n) is 11.3. The van der Waals surface area contributed by atoms with Gasteiger partial charge in [-0.05, 0) is 38.5 Å². The number of nitrogens with zero attached hydrogens (tertiary/aromatic N) is 1. The Balaban J connectivity index is 4.23. The summed E-state index contributed by atoms with van der Waals surface area (Å²) in [6.45, 7) is 4.47. The van der Waals surface area contributed by atoms with Crippen LogP contribution in [0.4, 0.5) is 0 Å². The van der Waals surface area contributed by atoms with Crippen LogP contribution in [-0.4, -0.2) is 74.9 Å². The fourth-order valence-corrected chi connectivity index (χ4v) is 8.05. The lowest BCUT2D eigenvalue weighted by Gasteiger charge is -2.24. The zero-order chi connectivity index (χ0) is 44.3.